The van der Waals surface area contributed by atoms with Crippen molar-refractivity contribution in [1.82, 2.24) is 14.5 Å². The molecular weight excluding hydrogens is 266 g/mol. The minimum Gasteiger partial charge on any atom is -0.377 e. The zero-order valence-electron chi connectivity index (χ0n) is 11.7. The Morgan fingerprint density at radius 2 is 2.00 bits per heavy atom. The second-order valence-corrected chi connectivity index (χ2v) is 7.33. The van der Waals surface area contributed by atoms with Crippen LogP contribution < -0.4 is 5.32 Å². The first-order valence-corrected chi connectivity index (χ1v) is 8.90. The summed E-state index contributed by atoms with van der Waals surface area (Å²) in [7, 11) is -3.01. The summed E-state index contributed by atoms with van der Waals surface area (Å²) >= 11 is 0. The third-order valence-corrected chi connectivity index (χ3v) is 5.10. The highest BCUT2D eigenvalue weighted by Gasteiger charge is 2.22. The molecule has 2 saturated heterocycles. The zero-order valence-corrected chi connectivity index (χ0v) is 12.5. The number of hydrogen-bond acceptors (Lipinski definition) is 5. The number of rotatable bonds is 6. The molecule has 1 atom stereocenters. The van der Waals surface area contributed by atoms with Crippen molar-refractivity contribution in [2.75, 3.05) is 58.7 Å². The van der Waals surface area contributed by atoms with Crippen molar-refractivity contribution >= 4 is 10.0 Å². The quantitative estimate of drug-likeness (QED) is 0.658. The molecule has 0 aromatic carbocycles. The largest absolute Gasteiger partial charge is 0.377 e. The molecule has 19 heavy (non-hydrogen) atoms. The molecule has 2 aliphatic rings. The average Bonchev–Trinajstić information content (AvgIpc) is 2.87. The lowest BCUT2D eigenvalue weighted by Crippen LogP contribution is -2.49. The summed E-state index contributed by atoms with van der Waals surface area (Å²) in [5.41, 5.74) is 0. The first kappa shape index (κ1) is 15.2. The van der Waals surface area contributed by atoms with E-state index in [4.69, 9.17) is 4.74 Å². The lowest BCUT2D eigenvalue weighted by Gasteiger charge is -2.33. The molecule has 0 radical (unpaired) electrons. The molecule has 0 aromatic rings. The van der Waals surface area contributed by atoms with Gasteiger partial charge in [0.15, 0.2) is 0 Å². The van der Waals surface area contributed by atoms with Gasteiger partial charge in [-0.3, -0.25) is 4.90 Å². The molecule has 1 N–H and O–H groups in total. The Balaban J connectivity index is 1.55. The predicted octanol–water partition coefficient (Wildman–Crippen LogP) is -0.668. The summed E-state index contributed by atoms with van der Waals surface area (Å²) in [5.74, 6) is 0. The smallest absolute Gasteiger partial charge is 0.211 e. The first-order chi connectivity index (χ1) is 9.05. The number of ether oxygens (including phenoxy) is 1. The minimum atomic E-state index is -3.01. The van der Waals surface area contributed by atoms with E-state index in [1.807, 2.05) is 0 Å². The van der Waals surface area contributed by atoms with E-state index >= 15 is 0 Å². The van der Waals surface area contributed by atoms with Crippen molar-refractivity contribution < 1.29 is 13.2 Å². The molecule has 1 unspecified atom stereocenters. The molecule has 0 spiro atoms. The SMILES string of the molecule is CS(=O)(=O)N1CCN(CCNCC2CCCO2)CC1. The van der Waals surface area contributed by atoms with Gasteiger partial charge in [-0.05, 0) is 12.8 Å². The second-order valence-electron chi connectivity index (χ2n) is 5.34. The molecule has 0 amide bonds. The van der Waals surface area contributed by atoms with Crippen molar-refractivity contribution in [2.24, 2.45) is 0 Å². The molecule has 2 fully saturated rings. The standard InChI is InChI=1S/C12H25N3O3S/c1-19(16,17)15-8-6-14(7-9-15)5-4-13-11-12-3-2-10-18-12/h12-13H,2-11H2,1H3. The summed E-state index contributed by atoms with van der Waals surface area (Å²) in [4.78, 5) is 2.31. The molecule has 2 rings (SSSR count). The topological polar surface area (TPSA) is 61.9 Å². The van der Waals surface area contributed by atoms with E-state index in [0.717, 1.165) is 39.3 Å². The molecule has 0 aromatic heterocycles. The summed E-state index contributed by atoms with van der Waals surface area (Å²) in [6.07, 6.45) is 4.02. The van der Waals surface area contributed by atoms with Crippen molar-refractivity contribution in [3.05, 3.63) is 0 Å². The van der Waals surface area contributed by atoms with Crippen LogP contribution in [0.3, 0.4) is 0 Å². The van der Waals surface area contributed by atoms with Crippen LogP contribution >= 0.6 is 0 Å². The monoisotopic (exact) mass is 291 g/mol. The maximum atomic E-state index is 11.4. The molecule has 0 bridgehead atoms. The lowest BCUT2D eigenvalue weighted by molar-refractivity contribution is 0.108. The number of hydrogen-bond donors (Lipinski definition) is 1. The Kier molecular flexibility index (Phi) is 5.58. The van der Waals surface area contributed by atoms with Gasteiger partial charge in [-0.25, -0.2) is 8.42 Å². The normalized spacial score (nSPS) is 26.9. The van der Waals surface area contributed by atoms with Crippen LogP contribution in [0.2, 0.25) is 0 Å². The number of nitrogens with one attached hydrogen (secondary N) is 1. The maximum absolute atomic E-state index is 11.4. The third kappa shape index (κ3) is 5.00. The van der Waals surface area contributed by atoms with E-state index < -0.39 is 10.0 Å². The second kappa shape index (κ2) is 6.99. The Bertz CT molecular complexity index is 360. The highest BCUT2D eigenvalue weighted by molar-refractivity contribution is 7.88. The summed E-state index contributed by atoms with van der Waals surface area (Å²) in [6, 6.07) is 0. The van der Waals surface area contributed by atoms with Crippen LogP contribution in [0, 0.1) is 0 Å². The predicted molar refractivity (Wildman–Crippen MR) is 74.7 cm³/mol. The van der Waals surface area contributed by atoms with E-state index in [2.05, 4.69) is 10.2 Å². The number of sulfonamides is 1. The Morgan fingerprint density at radius 3 is 2.58 bits per heavy atom. The van der Waals surface area contributed by atoms with Crippen LogP contribution in [-0.2, 0) is 14.8 Å². The fourth-order valence-electron chi connectivity index (χ4n) is 2.59. The molecule has 2 heterocycles. The summed E-state index contributed by atoms with van der Waals surface area (Å²) < 4.78 is 29.9. The van der Waals surface area contributed by atoms with Gasteiger partial charge in [0.05, 0.1) is 12.4 Å². The fraction of sp³-hybridized carbons (Fsp3) is 1.00. The minimum absolute atomic E-state index is 0.391. The highest BCUT2D eigenvalue weighted by Crippen LogP contribution is 2.10. The summed E-state index contributed by atoms with van der Waals surface area (Å²) in [5, 5.41) is 3.42. The molecule has 112 valence electrons. The van der Waals surface area contributed by atoms with Crippen molar-refractivity contribution in [2.45, 2.75) is 18.9 Å². The van der Waals surface area contributed by atoms with E-state index in [1.165, 1.54) is 19.1 Å². The number of piperazine rings is 1. The van der Waals surface area contributed by atoms with Crippen LogP contribution in [0.5, 0.6) is 0 Å². The van der Waals surface area contributed by atoms with E-state index in [-0.39, 0.29) is 0 Å². The van der Waals surface area contributed by atoms with Gasteiger partial charge in [0.25, 0.3) is 0 Å². The van der Waals surface area contributed by atoms with Gasteiger partial charge in [-0.15, -0.1) is 0 Å². The van der Waals surface area contributed by atoms with Crippen LogP contribution in [0.1, 0.15) is 12.8 Å². The Morgan fingerprint density at radius 1 is 1.26 bits per heavy atom. The van der Waals surface area contributed by atoms with Crippen molar-refractivity contribution in [1.29, 1.82) is 0 Å². The molecule has 0 aliphatic carbocycles. The van der Waals surface area contributed by atoms with Gasteiger partial charge in [0.1, 0.15) is 0 Å². The maximum Gasteiger partial charge on any atom is 0.211 e. The molecule has 2 aliphatic heterocycles. The van der Waals surface area contributed by atoms with E-state index in [9.17, 15) is 8.42 Å². The van der Waals surface area contributed by atoms with Crippen LogP contribution in [0.15, 0.2) is 0 Å². The fourth-order valence-corrected chi connectivity index (χ4v) is 3.42. The zero-order chi connectivity index (χ0) is 13.7. The summed E-state index contributed by atoms with van der Waals surface area (Å²) in [6.45, 7) is 6.64. The van der Waals surface area contributed by atoms with Crippen molar-refractivity contribution in [3.63, 3.8) is 0 Å². The van der Waals surface area contributed by atoms with E-state index in [1.54, 1.807) is 4.31 Å². The Labute approximate surface area is 116 Å². The molecule has 7 heteroatoms. The Hall–Kier alpha value is -0.210. The highest BCUT2D eigenvalue weighted by atomic mass is 32.2. The van der Waals surface area contributed by atoms with Crippen LogP contribution in [0.25, 0.3) is 0 Å². The van der Waals surface area contributed by atoms with Gasteiger partial charge in [-0.2, -0.15) is 4.31 Å². The van der Waals surface area contributed by atoms with Crippen LogP contribution in [-0.4, -0.2) is 82.4 Å². The van der Waals surface area contributed by atoms with Gasteiger partial charge >= 0.3 is 0 Å². The third-order valence-electron chi connectivity index (χ3n) is 3.80. The number of nitrogens with zero attached hydrogens (tertiary/aromatic N) is 2. The molecule has 6 nitrogen and oxygen atoms in total. The van der Waals surface area contributed by atoms with Gasteiger partial charge in [0.2, 0.25) is 10.0 Å². The molecule has 0 saturated carbocycles. The van der Waals surface area contributed by atoms with Gasteiger partial charge < -0.3 is 10.1 Å². The van der Waals surface area contributed by atoms with Crippen LogP contribution in [0.4, 0.5) is 0 Å². The van der Waals surface area contributed by atoms with Crippen molar-refractivity contribution in [3.8, 4) is 0 Å². The molecular formula is C12H25N3O3S. The van der Waals surface area contributed by atoms with Gasteiger partial charge in [0, 0.05) is 52.4 Å². The average molecular weight is 291 g/mol. The lowest BCUT2D eigenvalue weighted by atomic mass is 10.2. The first-order valence-electron chi connectivity index (χ1n) is 7.05. The van der Waals surface area contributed by atoms with E-state index in [0.29, 0.717) is 19.2 Å². The van der Waals surface area contributed by atoms with Gasteiger partial charge in [-0.1, -0.05) is 0 Å².